The van der Waals surface area contributed by atoms with Crippen molar-refractivity contribution >= 4 is 32.7 Å². The largest absolute Gasteiger partial charge is 0.456 e. The van der Waals surface area contributed by atoms with Crippen LogP contribution in [0, 0.1) is 11.3 Å². The van der Waals surface area contributed by atoms with Crippen LogP contribution in [0.3, 0.4) is 0 Å². The third-order valence-corrected chi connectivity index (χ3v) is 13.3. The van der Waals surface area contributed by atoms with Gasteiger partial charge in [-0.25, -0.2) is 9.97 Å². The summed E-state index contributed by atoms with van der Waals surface area (Å²) in [4.78, 5) is 10.3. The molecular formula is C57H39N3O. The van der Waals surface area contributed by atoms with Crippen molar-refractivity contribution in [1.82, 2.24) is 9.97 Å². The standard InChI is InChI=1S/C57H39N3O/c58-35-36-20-23-46-47-24-21-39(32-51(47)57(50(46)30-36)28-9-2-10-29-57)43-27-26-42(44-16-5-6-17-45(43)44)38-14-11-15-40(31-38)52-34-53(60-56(59-52)37-12-3-1-4-13-37)41-22-25-49-48-18-7-8-19-54(48)61-55(49)33-41/h1,3-8,11-27,30-34H,2,9-10,28-29H2. The van der Waals surface area contributed by atoms with E-state index in [0.29, 0.717) is 5.82 Å². The maximum Gasteiger partial charge on any atom is 0.160 e. The Morgan fingerprint density at radius 3 is 1.75 bits per heavy atom. The lowest BCUT2D eigenvalue weighted by Gasteiger charge is -2.36. The van der Waals surface area contributed by atoms with Crippen molar-refractivity contribution in [3.63, 3.8) is 0 Å². The molecule has 2 aromatic heterocycles. The minimum Gasteiger partial charge on any atom is -0.456 e. The van der Waals surface area contributed by atoms with Crippen molar-refractivity contribution < 1.29 is 4.42 Å². The molecule has 0 radical (unpaired) electrons. The molecule has 2 aliphatic carbocycles. The number of para-hydroxylation sites is 1. The van der Waals surface area contributed by atoms with Crippen LogP contribution in [0.15, 0.2) is 180 Å². The van der Waals surface area contributed by atoms with Crippen molar-refractivity contribution in [3.8, 4) is 73.4 Å². The molecule has 0 N–H and O–H groups in total. The maximum absolute atomic E-state index is 9.84. The molecule has 1 fully saturated rings. The highest BCUT2D eigenvalue weighted by atomic mass is 16.3. The van der Waals surface area contributed by atoms with E-state index in [-0.39, 0.29) is 5.41 Å². The molecule has 61 heavy (non-hydrogen) atoms. The molecule has 0 saturated heterocycles. The number of nitrogens with zero attached hydrogens (tertiary/aromatic N) is 3. The topological polar surface area (TPSA) is 62.7 Å². The summed E-state index contributed by atoms with van der Waals surface area (Å²) in [5.41, 5.74) is 17.2. The van der Waals surface area contributed by atoms with Crippen molar-refractivity contribution in [2.45, 2.75) is 37.5 Å². The van der Waals surface area contributed by atoms with Crippen LogP contribution in [-0.4, -0.2) is 9.97 Å². The van der Waals surface area contributed by atoms with E-state index in [2.05, 4.69) is 140 Å². The number of furan rings is 1. The lowest BCUT2D eigenvalue weighted by atomic mass is 9.67. The van der Waals surface area contributed by atoms with E-state index in [1.165, 1.54) is 69.0 Å². The molecule has 10 aromatic rings. The predicted molar refractivity (Wildman–Crippen MR) is 248 cm³/mol. The second-order valence-corrected chi connectivity index (χ2v) is 16.7. The van der Waals surface area contributed by atoms with Crippen molar-refractivity contribution in [1.29, 1.82) is 5.26 Å². The first-order chi connectivity index (χ1) is 30.1. The summed E-state index contributed by atoms with van der Waals surface area (Å²) in [6.07, 6.45) is 5.93. The summed E-state index contributed by atoms with van der Waals surface area (Å²) in [5, 5.41) is 14.5. The first-order valence-electron chi connectivity index (χ1n) is 21.3. The minimum atomic E-state index is -0.0383. The Bertz CT molecular complexity index is 3420. The van der Waals surface area contributed by atoms with E-state index in [9.17, 15) is 5.26 Å². The number of nitriles is 1. The number of benzene rings is 8. The summed E-state index contributed by atoms with van der Waals surface area (Å²) in [6, 6.07) is 64.8. The molecule has 4 nitrogen and oxygen atoms in total. The molecule has 0 amide bonds. The molecule has 2 aliphatic rings. The van der Waals surface area contributed by atoms with Crippen LogP contribution in [0.5, 0.6) is 0 Å². The fourth-order valence-corrected chi connectivity index (χ4v) is 10.4. The fraction of sp³-hybridized carbons (Fsp3) is 0.105. The number of fused-ring (bicyclic) bond motifs is 9. The average molecular weight is 782 g/mol. The van der Waals surface area contributed by atoms with Gasteiger partial charge in [-0.05, 0) is 117 Å². The van der Waals surface area contributed by atoms with Gasteiger partial charge in [-0.15, -0.1) is 0 Å². The number of hydrogen-bond acceptors (Lipinski definition) is 4. The third kappa shape index (κ3) is 5.73. The SMILES string of the molecule is N#Cc1ccc2c(c1)C1(CCCCC1)c1cc(-c3ccc(-c4cccc(-c5cc(-c6ccc7c(c6)oc6ccccc67)nc(-c6ccccc6)n5)c4)c4ccccc34)ccc1-2. The second-order valence-electron chi connectivity index (χ2n) is 16.7. The van der Waals surface area contributed by atoms with Gasteiger partial charge in [0.05, 0.1) is 23.0 Å². The van der Waals surface area contributed by atoms with Crippen LogP contribution < -0.4 is 0 Å². The predicted octanol–water partition coefficient (Wildman–Crippen LogP) is 15.0. The van der Waals surface area contributed by atoms with E-state index < -0.39 is 0 Å². The molecule has 1 spiro atoms. The first kappa shape index (κ1) is 35.3. The molecule has 0 atom stereocenters. The van der Waals surface area contributed by atoms with Gasteiger partial charge in [-0.3, -0.25) is 0 Å². The van der Waals surface area contributed by atoms with Crippen LogP contribution in [0.25, 0.3) is 100.0 Å². The van der Waals surface area contributed by atoms with Gasteiger partial charge in [0, 0.05) is 32.9 Å². The molecule has 8 aromatic carbocycles. The van der Waals surface area contributed by atoms with Gasteiger partial charge < -0.3 is 4.42 Å². The zero-order valence-corrected chi connectivity index (χ0v) is 33.5. The molecule has 0 aliphatic heterocycles. The van der Waals surface area contributed by atoms with Gasteiger partial charge in [-0.1, -0.05) is 147 Å². The highest BCUT2D eigenvalue weighted by Crippen LogP contribution is 2.57. The Balaban J connectivity index is 0.958. The van der Waals surface area contributed by atoms with E-state index in [0.717, 1.165) is 74.0 Å². The van der Waals surface area contributed by atoms with Crippen LogP contribution in [0.4, 0.5) is 0 Å². The summed E-state index contributed by atoms with van der Waals surface area (Å²) in [7, 11) is 0. The summed E-state index contributed by atoms with van der Waals surface area (Å²) in [5.74, 6) is 0.677. The highest BCUT2D eigenvalue weighted by molar-refractivity contribution is 6.07. The van der Waals surface area contributed by atoms with Crippen molar-refractivity contribution in [2.24, 2.45) is 0 Å². The Labute approximate surface area is 354 Å². The minimum absolute atomic E-state index is 0.0383. The van der Waals surface area contributed by atoms with E-state index in [1.807, 2.05) is 42.5 Å². The number of aromatic nitrogens is 2. The molecule has 0 unspecified atom stereocenters. The number of rotatable bonds is 5. The van der Waals surface area contributed by atoms with E-state index in [4.69, 9.17) is 14.4 Å². The summed E-state index contributed by atoms with van der Waals surface area (Å²) >= 11 is 0. The Kier molecular flexibility index (Phi) is 8.12. The molecule has 12 rings (SSSR count). The van der Waals surface area contributed by atoms with Gasteiger partial charge in [0.25, 0.3) is 0 Å². The Hall–Kier alpha value is -7.61. The van der Waals surface area contributed by atoms with Gasteiger partial charge in [-0.2, -0.15) is 5.26 Å². The van der Waals surface area contributed by atoms with Gasteiger partial charge in [0.1, 0.15) is 11.2 Å². The van der Waals surface area contributed by atoms with Gasteiger partial charge in [0.15, 0.2) is 5.82 Å². The zero-order valence-electron chi connectivity index (χ0n) is 33.5. The smallest absolute Gasteiger partial charge is 0.160 e. The third-order valence-electron chi connectivity index (χ3n) is 13.3. The van der Waals surface area contributed by atoms with Crippen molar-refractivity contribution in [3.05, 3.63) is 193 Å². The monoisotopic (exact) mass is 781 g/mol. The molecule has 0 bridgehead atoms. The van der Waals surface area contributed by atoms with Crippen LogP contribution in [-0.2, 0) is 5.41 Å². The Morgan fingerprint density at radius 2 is 1.00 bits per heavy atom. The quantitative estimate of drug-likeness (QED) is 0.174. The molecular weight excluding hydrogens is 743 g/mol. The normalized spacial score (nSPS) is 14.0. The summed E-state index contributed by atoms with van der Waals surface area (Å²) < 4.78 is 6.29. The van der Waals surface area contributed by atoms with E-state index in [1.54, 1.807) is 0 Å². The van der Waals surface area contributed by atoms with Crippen LogP contribution in [0.1, 0.15) is 48.8 Å². The molecule has 1 saturated carbocycles. The average Bonchev–Trinajstić information content (AvgIpc) is 3.83. The van der Waals surface area contributed by atoms with Gasteiger partial charge in [0.2, 0.25) is 0 Å². The molecule has 2 heterocycles. The molecule has 4 heteroatoms. The van der Waals surface area contributed by atoms with Crippen LogP contribution in [0.2, 0.25) is 0 Å². The lowest BCUT2D eigenvalue weighted by molar-refractivity contribution is 0.353. The Morgan fingerprint density at radius 1 is 0.426 bits per heavy atom. The van der Waals surface area contributed by atoms with Crippen LogP contribution >= 0.6 is 0 Å². The van der Waals surface area contributed by atoms with Crippen molar-refractivity contribution in [2.75, 3.05) is 0 Å². The maximum atomic E-state index is 9.84. The second kappa shape index (κ2) is 14.0. The zero-order chi connectivity index (χ0) is 40.5. The lowest BCUT2D eigenvalue weighted by Crippen LogP contribution is -2.28. The van der Waals surface area contributed by atoms with Gasteiger partial charge >= 0.3 is 0 Å². The highest BCUT2D eigenvalue weighted by Gasteiger charge is 2.44. The summed E-state index contributed by atoms with van der Waals surface area (Å²) in [6.45, 7) is 0. The molecule has 288 valence electrons. The van der Waals surface area contributed by atoms with E-state index >= 15 is 0 Å². The number of hydrogen-bond donors (Lipinski definition) is 0. The first-order valence-corrected chi connectivity index (χ1v) is 21.3. The fourth-order valence-electron chi connectivity index (χ4n) is 10.4.